The van der Waals surface area contributed by atoms with Gasteiger partial charge in [0.2, 0.25) is 0 Å². The number of nitrogen functional groups attached to an aromatic ring is 1. The average Bonchev–Trinajstić information content (AvgIpc) is 2.47. The van der Waals surface area contributed by atoms with E-state index in [1.165, 1.54) is 6.33 Å². The van der Waals surface area contributed by atoms with E-state index in [0.29, 0.717) is 29.8 Å². The molecule has 0 saturated carbocycles. The quantitative estimate of drug-likeness (QED) is 0.878. The van der Waals surface area contributed by atoms with Crippen LogP contribution in [0.15, 0.2) is 6.33 Å². The molecule has 3 N–H and O–H groups in total. The van der Waals surface area contributed by atoms with Crippen molar-refractivity contribution < 1.29 is 9.53 Å². The molecule has 0 atom stereocenters. The van der Waals surface area contributed by atoms with Gasteiger partial charge < -0.3 is 20.7 Å². The molecule has 0 aliphatic carbocycles. The first-order valence-electron chi connectivity index (χ1n) is 7.74. The third-order valence-corrected chi connectivity index (χ3v) is 4.01. The first-order chi connectivity index (χ1) is 10.8. The van der Waals surface area contributed by atoms with E-state index >= 15 is 0 Å². The molecule has 2 rings (SSSR count). The van der Waals surface area contributed by atoms with Gasteiger partial charge in [0, 0.05) is 19.6 Å². The zero-order valence-electron chi connectivity index (χ0n) is 13.8. The number of ether oxygens (including phenoxy) is 1. The molecule has 1 saturated heterocycles. The van der Waals surface area contributed by atoms with Crippen molar-refractivity contribution in [3.05, 3.63) is 11.3 Å². The second kappa shape index (κ2) is 7.21. The number of hydrogen-bond donors (Lipinski definition) is 2. The van der Waals surface area contributed by atoms with Crippen molar-refractivity contribution in [3.63, 3.8) is 0 Å². The van der Waals surface area contributed by atoms with Crippen LogP contribution in [0.5, 0.6) is 0 Å². The molecule has 2 heterocycles. The van der Waals surface area contributed by atoms with Crippen LogP contribution in [-0.4, -0.2) is 46.2 Å². The van der Waals surface area contributed by atoms with Gasteiger partial charge in [0.05, 0.1) is 0 Å². The van der Waals surface area contributed by atoms with Crippen molar-refractivity contribution in [3.8, 4) is 0 Å². The molecule has 0 aromatic carbocycles. The van der Waals surface area contributed by atoms with Crippen LogP contribution < -0.4 is 11.1 Å². The van der Waals surface area contributed by atoms with Crippen LogP contribution in [0.4, 0.5) is 16.4 Å². The number of halogens is 1. The van der Waals surface area contributed by atoms with Crippen LogP contribution in [0.3, 0.4) is 0 Å². The number of carbonyl (C=O) groups excluding carboxylic acids is 1. The van der Waals surface area contributed by atoms with Gasteiger partial charge >= 0.3 is 6.09 Å². The molecule has 128 valence electrons. The van der Waals surface area contributed by atoms with Gasteiger partial charge in [0.25, 0.3) is 0 Å². The molecule has 1 aromatic heterocycles. The molecule has 8 heteroatoms. The summed E-state index contributed by atoms with van der Waals surface area (Å²) < 4.78 is 5.39. The Morgan fingerprint density at radius 3 is 2.70 bits per heavy atom. The summed E-state index contributed by atoms with van der Waals surface area (Å²) in [7, 11) is 0. The van der Waals surface area contributed by atoms with Crippen molar-refractivity contribution in [1.82, 2.24) is 14.9 Å². The molecule has 1 aromatic rings. The van der Waals surface area contributed by atoms with E-state index in [1.54, 1.807) is 4.90 Å². The molecule has 7 nitrogen and oxygen atoms in total. The Bertz CT molecular complexity index is 553. The van der Waals surface area contributed by atoms with Crippen molar-refractivity contribution in [2.24, 2.45) is 5.92 Å². The Morgan fingerprint density at radius 1 is 1.43 bits per heavy atom. The topological polar surface area (TPSA) is 93.4 Å². The van der Waals surface area contributed by atoms with Gasteiger partial charge in [-0.1, -0.05) is 11.6 Å². The minimum atomic E-state index is -0.459. The minimum absolute atomic E-state index is 0.240. The molecule has 1 amide bonds. The Labute approximate surface area is 141 Å². The van der Waals surface area contributed by atoms with Gasteiger partial charge in [-0.05, 0) is 39.5 Å². The van der Waals surface area contributed by atoms with Gasteiger partial charge in [0.1, 0.15) is 28.6 Å². The fourth-order valence-electron chi connectivity index (χ4n) is 2.39. The predicted molar refractivity (Wildman–Crippen MR) is 90.5 cm³/mol. The van der Waals surface area contributed by atoms with E-state index in [1.807, 2.05) is 20.8 Å². The zero-order chi connectivity index (χ0) is 17.0. The molecular formula is C15H24ClN5O2. The third kappa shape index (κ3) is 5.13. The van der Waals surface area contributed by atoms with Crippen molar-refractivity contribution in [1.29, 1.82) is 0 Å². The number of rotatable bonds is 3. The number of nitrogens with two attached hydrogens (primary N) is 1. The summed E-state index contributed by atoms with van der Waals surface area (Å²) >= 11 is 6.06. The smallest absolute Gasteiger partial charge is 0.410 e. The van der Waals surface area contributed by atoms with E-state index in [-0.39, 0.29) is 11.9 Å². The van der Waals surface area contributed by atoms with Crippen molar-refractivity contribution in [2.75, 3.05) is 30.7 Å². The third-order valence-electron chi connectivity index (χ3n) is 3.64. The number of likely N-dealkylation sites (tertiary alicyclic amines) is 1. The lowest BCUT2D eigenvalue weighted by molar-refractivity contribution is 0.0188. The van der Waals surface area contributed by atoms with Crippen LogP contribution in [-0.2, 0) is 4.74 Å². The van der Waals surface area contributed by atoms with Gasteiger partial charge in [-0.15, -0.1) is 0 Å². The lowest BCUT2D eigenvalue weighted by Crippen LogP contribution is -2.42. The number of piperidine rings is 1. The van der Waals surface area contributed by atoms with Crippen LogP contribution in [0.25, 0.3) is 0 Å². The summed E-state index contributed by atoms with van der Waals surface area (Å²) in [5.41, 5.74) is 5.19. The first kappa shape index (κ1) is 17.6. The summed E-state index contributed by atoms with van der Waals surface area (Å²) in [5.74, 6) is 1.26. The lowest BCUT2D eigenvalue weighted by atomic mass is 9.97. The maximum absolute atomic E-state index is 12.0. The van der Waals surface area contributed by atoms with Gasteiger partial charge in [-0.25, -0.2) is 14.8 Å². The standard InChI is InChI=1S/C15H24ClN5O2/c1-15(2,3)23-14(22)21-6-4-10(5-7-21)8-18-13-11(16)12(17)19-9-20-13/h9-10H,4-8H2,1-3H3,(H3,17,18,19,20). The number of anilines is 2. The summed E-state index contributed by atoms with van der Waals surface area (Å²) in [6, 6.07) is 0. The summed E-state index contributed by atoms with van der Waals surface area (Å²) in [6.45, 7) is 7.75. The zero-order valence-corrected chi connectivity index (χ0v) is 14.6. The summed E-state index contributed by atoms with van der Waals surface area (Å²) in [4.78, 5) is 21.7. The highest BCUT2D eigenvalue weighted by Gasteiger charge is 2.26. The Kier molecular flexibility index (Phi) is 5.51. The fourth-order valence-corrected chi connectivity index (χ4v) is 2.56. The summed E-state index contributed by atoms with van der Waals surface area (Å²) in [6.07, 6.45) is 2.96. The Morgan fingerprint density at radius 2 is 2.09 bits per heavy atom. The number of carbonyl (C=O) groups is 1. The highest BCUT2D eigenvalue weighted by molar-refractivity contribution is 6.35. The van der Waals surface area contributed by atoms with Crippen LogP contribution in [0.1, 0.15) is 33.6 Å². The maximum atomic E-state index is 12.0. The Balaban J connectivity index is 1.79. The molecule has 0 bridgehead atoms. The molecule has 0 spiro atoms. The van der Waals surface area contributed by atoms with E-state index in [0.717, 1.165) is 19.4 Å². The number of nitrogens with one attached hydrogen (secondary N) is 1. The normalized spacial score (nSPS) is 16.3. The SMILES string of the molecule is CC(C)(C)OC(=O)N1CCC(CNc2ncnc(N)c2Cl)CC1. The molecule has 0 radical (unpaired) electrons. The molecule has 23 heavy (non-hydrogen) atoms. The minimum Gasteiger partial charge on any atom is -0.444 e. The fraction of sp³-hybridized carbons (Fsp3) is 0.667. The number of hydrogen-bond acceptors (Lipinski definition) is 6. The van der Waals surface area contributed by atoms with E-state index in [2.05, 4.69) is 15.3 Å². The predicted octanol–water partition coefficient (Wildman–Crippen LogP) is 2.77. The van der Waals surface area contributed by atoms with E-state index < -0.39 is 5.60 Å². The van der Waals surface area contributed by atoms with E-state index in [9.17, 15) is 4.79 Å². The molecule has 1 aliphatic heterocycles. The largest absolute Gasteiger partial charge is 0.444 e. The monoisotopic (exact) mass is 341 g/mol. The highest BCUT2D eigenvalue weighted by Crippen LogP contribution is 2.25. The second-order valence-electron chi connectivity index (χ2n) is 6.71. The highest BCUT2D eigenvalue weighted by atomic mass is 35.5. The van der Waals surface area contributed by atoms with Gasteiger partial charge in [-0.3, -0.25) is 0 Å². The number of nitrogens with zero attached hydrogens (tertiary/aromatic N) is 3. The Hall–Kier alpha value is -1.76. The van der Waals surface area contributed by atoms with Crippen LogP contribution in [0, 0.1) is 5.92 Å². The average molecular weight is 342 g/mol. The maximum Gasteiger partial charge on any atom is 0.410 e. The van der Waals surface area contributed by atoms with Gasteiger partial charge in [0.15, 0.2) is 0 Å². The van der Waals surface area contributed by atoms with Crippen molar-refractivity contribution in [2.45, 2.75) is 39.2 Å². The summed E-state index contributed by atoms with van der Waals surface area (Å²) in [5, 5.41) is 3.55. The lowest BCUT2D eigenvalue weighted by Gasteiger charge is -2.33. The van der Waals surface area contributed by atoms with Crippen LogP contribution in [0.2, 0.25) is 5.02 Å². The van der Waals surface area contributed by atoms with Gasteiger partial charge in [-0.2, -0.15) is 0 Å². The number of amides is 1. The first-order valence-corrected chi connectivity index (χ1v) is 8.12. The molecule has 0 unspecified atom stereocenters. The number of aromatic nitrogens is 2. The van der Waals surface area contributed by atoms with Crippen molar-refractivity contribution >= 4 is 29.3 Å². The van der Waals surface area contributed by atoms with E-state index in [4.69, 9.17) is 22.1 Å². The second-order valence-corrected chi connectivity index (χ2v) is 7.09. The molecule has 1 fully saturated rings. The molecular weight excluding hydrogens is 318 g/mol. The molecule has 1 aliphatic rings. The van der Waals surface area contributed by atoms with Crippen LogP contribution >= 0.6 is 11.6 Å².